The van der Waals surface area contributed by atoms with Gasteiger partial charge < -0.3 is 14.8 Å². The van der Waals surface area contributed by atoms with Crippen LogP contribution in [0.4, 0.5) is 0 Å². The van der Waals surface area contributed by atoms with E-state index in [4.69, 9.17) is 9.47 Å². The molecule has 0 spiro atoms. The predicted molar refractivity (Wildman–Crippen MR) is 106 cm³/mol. The molecule has 0 atom stereocenters. The van der Waals surface area contributed by atoms with Crippen LogP contribution in [0.25, 0.3) is 6.08 Å². The molecular formula is C22H25NO4. The lowest BCUT2D eigenvalue weighted by atomic mass is 10.1. The molecule has 0 heterocycles. The van der Waals surface area contributed by atoms with Crippen molar-refractivity contribution in [2.24, 2.45) is 5.92 Å². The minimum absolute atomic E-state index is 0.189. The quantitative estimate of drug-likeness (QED) is 0.458. The summed E-state index contributed by atoms with van der Waals surface area (Å²) in [5.41, 5.74) is 2.97. The average Bonchev–Trinajstić information content (AvgIpc) is 2.65. The van der Waals surface area contributed by atoms with Gasteiger partial charge in [0.1, 0.15) is 0 Å². The Hall–Kier alpha value is -3.08. The van der Waals surface area contributed by atoms with Gasteiger partial charge in [0, 0.05) is 12.6 Å². The lowest BCUT2D eigenvalue weighted by Gasteiger charge is -2.11. The van der Waals surface area contributed by atoms with Crippen LogP contribution in [0.15, 0.2) is 48.5 Å². The van der Waals surface area contributed by atoms with Gasteiger partial charge in [-0.2, -0.15) is 0 Å². The fourth-order valence-corrected chi connectivity index (χ4v) is 2.34. The Morgan fingerprint density at radius 3 is 2.56 bits per heavy atom. The first-order chi connectivity index (χ1) is 12.9. The monoisotopic (exact) mass is 367 g/mol. The molecule has 27 heavy (non-hydrogen) atoms. The summed E-state index contributed by atoms with van der Waals surface area (Å²) in [6, 6.07) is 13.1. The SMILES string of the molecule is COc1cc(/C=C/C(=O)NCc2cccc(C)c2)ccc1OC(=O)C(C)C. The minimum atomic E-state index is -0.327. The number of ether oxygens (including phenoxy) is 2. The first-order valence-corrected chi connectivity index (χ1v) is 8.80. The molecule has 2 rings (SSSR count). The number of esters is 1. The lowest BCUT2D eigenvalue weighted by molar-refractivity contribution is -0.137. The van der Waals surface area contributed by atoms with Gasteiger partial charge in [-0.1, -0.05) is 49.7 Å². The van der Waals surface area contributed by atoms with E-state index in [1.54, 1.807) is 38.1 Å². The highest BCUT2D eigenvalue weighted by molar-refractivity contribution is 5.91. The molecule has 0 saturated heterocycles. The van der Waals surface area contributed by atoms with Crippen LogP contribution in [0.5, 0.6) is 11.5 Å². The maximum Gasteiger partial charge on any atom is 0.313 e. The number of amides is 1. The molecule has 5 heteroatoms. The molecule has 5 nitrogen and oxygen atoms in total. The van der Waals surface area contributed by atoms with E-state index in [9.17, 15) is 9.59 Å². The van der Waals surface area contributed by atoms with Gasteiger partial charge in [0.05, 0.1) is 13.0 Å². The molecule has 0 radical (unpaired) electrons. The van der Waals surface area contributed by atoms with Gasteiger partial charge in [-0.25, -0.2) is 0 Å². The van der Waals surface area contributed by atoms with Crippen molar-refractivity contribution in [2.45, 2.75) is 27.3 Å². The molecule has 1 amide bonds. The Balaban J connectivity index is 1.99. The number of methoxy groups -OCH3 is 1. The summed E-state index contributed by atoms with van der Waals surface area (Å²) in [5.74, 6) is 0.0489. The van der Waals surface area contributed by atoms with Crippen molar-refractivity contribution in [1.82, 2.24) is 5.32 Å². The molecule has 1 N–H and O–H groups in total. The first kappa shape index (κ1) is 20.2. The van der Waals surface area contributed by atoms with Gasteiger partial charge in [-0.3, -0.25) is 9.59 Å². The van der Waals surface area contributed by atoms with Crippen molar-refractivity contribution in [3.63, 3.8) is 0 Å². The maximum atomic E-state index is 12.0. The molecule has 0 saturated carbocycles. The van der Waals surface area contributed by atoms with Gasteiger partial charge in [0.25, 0.3) is 0 Å². The minimum Gasteiger partial charge on any atom is -0.493 e. The molecule has 0 aromatic heterocycles. The maximum absolute atomic E-state index is 12.0. The van der Waals surface area contributed by atoms with Gasteiger partial charge in [-0.15, -0.1) is 0 Å². The van der Waals surface area contributed by atoms with E-state index in [2.05, 4.69) is 5.32 Å². The van der Waals surface area contributed by atoms with Crippen LogP contribution in [0.2, 0.25) is 0 Å². The van der Waals surface area contributed by atoms with E-state index in [1.807, 2.05) is 31.2 Å². The second-order valence-corrected chi connectivity index (χ2v) is 6.53. The highest BCUT2D eigenvalue weighted by Crippen LogP contribution is 2.29. The Kier molecular flexibility index (Phi) is 7.17. The molecule has 0 bridgehead atoms. The molecule has 0 aliphatic rings. The van der Waals surface area contributed by atoms with Crippen molar-refractivity contribution in [3.8, 4) is 11.5 Å². The smallest absolute Gasteiger partial charge is 0.313 e. The number of rotatable bonds is 7. The summed E-state index contributed by atoms with van der Waals surface area (Å²) in [7, 11) is 1.50. The van der Waals surface area contributed by atoms with Gasteiger partial charge in [0.2, 0.25) is 5.91 Å². The van der Waals surface area contributed by atoms with E-state index >= 15 is 0 Å². The summed E-state index contributed by atoms with van der Waals surface area (Å²) >= 11 is 0. The van der Waals surface area contributed by atoms with E-state index in [0.717, 1.165) is 16.7 Å². The van der Waals surface area contributed by atoms with E-state index < -0.39 is 0 Å². The summed E-state index contributed by atoms with van der Waals surface area (Å²) in [6.07, 6.45) is 3.15. The zero-order valence-corrected chi connectivity index (χ0v) is 16.1. The van der Waals surface area contributed by atoms with Crippen molar-refractivity contribution < 1.29 is 19.1 Å². The van der Waals surface area contributed by atoms with Crippen LogP contribution in [0.3, 0.4) is 0 Å². The Morgan fingerprint density at radius 2 is 1.89 bits per heavy atom. The van der Waals surface area contributed by atoms with Gasteiger partial charge >= 0.3 is 5.97 Å². The highest BCUT2D eigenvalue weighted by atomic mass is 16.6. The van der Waals surface area contributed by atoms with Gasteiger partial charge in [0.15, 0.2) is 11.5 Å². The highest BCUT2D eigenvalue weighted by Gasteiger charge is 2.13. The molecule has 2 aromatic rings. The molecule has 0 aliphatic carbocycles. The number of benzene rings is 2. The molecule has 0 fully saturated rings. The molecule has 142 valence electrons. The number of carbonyl (C=O) groups excluding carboxylic acids is 2. The summed E-state index contributed by atoms with van der Waals surface area (Å²) in [4.78, 5) is 23.8. The zero-order valence-electron chi connectivity index (χ0n) is 16.1. The van der Waals surface area contributed by atoms with E-state index in [-0.39, 0.29) is 17.8 Å². The largest absolute Gasteiger partial charge is 0.493 e. The second kappa shape index (κ2) is 9.57. The van der Waals surface area contributed by atoms with Crippen LogP contribution in [-0.4, -0.2) is 19.0 Å². The van der Waals surface area contributed by atoms with Crippen molar-refractivity contribution >= 4 is 18.0 Å². The molecule has 0 aliphatic heterocycles. The summed E-state index contributed by atoms with van der Waals surface area (Å²) < 4.78 is 10.6. The van der Waals surface area contributed by atoms with Crippen LogP contribution in [0.1, 0.15) is 30.5 Å². The fourth-order valence-electron chi connectivity index (χ4n) is 2.34. The number of hydrogen-bond acceptors (Lipinski definition) is 4. The second-order valence-electron chi connectivity index (χ2n) is 6.53. The van der Waals surface area contributed by atoms with Crippen molar-refractivity contribution in [2.75, 3.05) is 7.11 Å². The first-order valence-electron chi connectivity index (χ1n) is 8.80. The Labute approximate surface area is 160 Å². The molecule has 0 unspecified atom stereocenters. The standard InChI is InChI=1S/C22H25NO4/c1-15(2)22(25)27-19-10-8-17(13-20(19)26-4)9-11-21(24)23-14-18-7-5-6-16(3)12-18/h5-13,15H,14H2,1-4H3,(H,23,24)/b11-9+. The number of carbonyl (C=O) groups is 2. The van der Waals surface area contributed by atoms with Crippen LogP contribution in [-0.2, 0) is 16.1 Å². The molecular weight excluding hydrogens is 342 g/mol. The number of aryl methyl sites for hydroxylation is 1. The fraction of sp³-hybridized carbons (Fsp3) is 0.273. The molecule has 2 aromatic carbocycles. The Bertz CT molecular complexity index is 840. The van der Waals surface area contributed by atoms with Crippen molar-refractivity contribution in [1.29, 1.82) is 0 Å². The zero-order chi connectivity index (χ0) is 19.8. The number of nitrogens with one attached hydrogen (secondary N) is 1. The van der Waals surface area contributed by atoms with E-state index in [1.165, 1.54) is 13.2 Å². The predicted octanol–water partition coefficient (Wildman–Crippen LogP) is 3.89. The van der Waals surface area contributed by atoms with Crippen LogP contribution in [0, 0.1) is 12.8 Å². The summed E-state index contributed by atoms with van der Waals surface area (Å²) in [5, 5.41) is 2.85. The average molecular weight is 367 g/mol. The van der Waals surface area contributed by atoms with Gasteiger partial charge in [-0.05, 0) is 36.3 Å². The normalized spacial score (nSPS) is 10.9. The number of hydrogen-bond donors (Lipinski definition) is 1. The third kappa shape index (κ3) is 6.29. The Morgan fingerprint density at radius 1 is 1.11 bits per heavy atom. The van der Waals surface area contributed by atoms with Crippen LogP contribution >= 0.6 is 0 Å². The summed E-state index contributed by atoms with van der Waals surface area (Å²) in [6.45, 7) is 6.02. The lowest BCUT2D eigenvalue weighted by Crippen LogP contribution is -2.20. The third-order valence-electron chi connectivity index (χ3n) is 3.85. The van der Waals surface area contributed by atoms with E-state index in [0.29, 0.717) is 18.0 Å². The third-order valence-corrected chi connectivity index (χ3v) is 3.85. The van der Waals surface area contributed by atoms with Crippen LogP contribution < -0.4 is 14.8 Å². The van der Waals surface area contributed by atoms with Crippen molar-refractivity contribution in [3.05, 3.63) is 65.2 Å². The topological polar surface area (TPSA) is 64.6 Å².